The van der Waals surface area contributed by atoms with Crippen molar-refractivity contribution in [3.63, 3.8) is 0 Å². The Kier molecular flexibility index (Phi) is 1.99. The van der Waals surface area contributed by atoms with E-state index in [4.69, 9.17) is 0 Å². The summed E-state index contributed by atoms with van der Waals surface area (Å²) < 4.78 is 14.5. The second-order valence-corrected chi connectivity index (χ2v) is 6.69. The third kappa shape index (κ3) is 1.61. The molecule has 2 unspecified atom stereocenters. The summed E-state index contributed by atoms with van der Waals surface area (Å²) in [6.07, 6.45) is 6.25. The second-order valence-electron chi connectivity index (χ2n) is 6.69. The summed E-state index contributed by atoms with van der Waals surface area (Å²) in [5.74, 6) is 1.34. The van der Waals surface area contributed by atoms with Crippen LogP contribution in [0.15, 0.2) is 0 Å². The van der Waals surface area contributed by atoms with Crippen LogP contribution in [0.3, 0.4) is 0 Å². The number of alkyl halides is 1. The molecule has 0 aromatic carbocycles. The second kappa shape index (κ2) is 2.97. The van der Waals surface area contributed by atoms with Gasteiger partial charge in [-0.25, -0.2) is 4.39 Å². The maximum absolute atomic E-state index is 14.5. The molecule has 2 heteroatoms. The molecule has 4 saturated carbocycles. The molecule has 1 N–H and O–H groups in total. The summed E-state index contributed by atoms with van der Waals surface area (Å²) in [6.45, 7) is 4.37. The minimum Gasteiger partial charge on any atom is -0.309 e. The highest BCUT2D eigenvalue weighted by molar-refractivity contribution is 5.12. The minimum atomic E-state index is -0.814. The Balaban J connectivity index is 1.86. The molecule has 0 spiro atoms. The van der Waals surface area contributed by atoms with Crippen molar-refractivity contribution in [3.8, 4) is 0 Å². The largest absolute Gasteiger partial charge is 0.309 e. The van der Waals surface area contributed by atoms with E-state index in [-0.39, 0.29) is 5.54 Å². The third-order valence-electron chi connectivity index (χ3n) is 4.58. The molecule has 4 bridgehead atoms. The van der Waals surface area contributed by atoms with Gasteiger partial charge in [-0.05, 0) is 50.4 Å². The predicted molar refractivity (Wildman–Crippen MR) is 59.5 cm³/mol. The minimum absolute atomic E-state index is 0.160. The fraction of sp³-hybridized carbons (Fsp3) is 1.00. The number of hydrogen-bond donors (Lipinski definition) is 1. The highest BCUT2D eigenvalue weighted by Gasteiger charge is 2.58. The van der Waals surface area contributed by atoms with Crippen LogP contribution in [0.25, 0.3) is 0 Å². The normalized spacial score (nSPS) is 52.8. The summed E-state index contributed by atoms with van der Waals surface area (Å²) in [6, 6.07) is 0.491. The lowest BCUT2D eigenvalue weighted by molar-refractivity contribution is -0.0994. The van der Waals surface area contributed by atoms with E-state index in [1.165, 1.54) is 19.3 Å². The summed E-state index contributed by atoms with van der Waals surface area (Å²) >= 11 is 0. The van der Waals surface area contributed by atoms with Crippen molar-refractivity contribution in [2.75, 3.05) is 0 Å². The Labute approximate surface area is 91.8 Å². The van der Waals surface area contributed by atoms with Gasteiger partial charge >= 0.3 is 0 Å². The summed E-state index contributed by atoms with van der Waals surface area (Å²) in [5, 5.41) is 3.67. The Morgan fingerprint density at radius 1 is 1.13 bits per heavy atom. The first-order valence-electron chi connectivity index (χ1n) is 6.45. The number of hydrogen-bond acceptors (Lipinski definition) is 1. The standard InChI is InChI=1S/C13H22FN/c1-9(2)15-13-6-10-3-11(7-13)5-12(14,4-10)8-13/h9-11,15H,3-8H2,1-2H3. The molecule has 4 aliphatic carbocycles. The predicted octanol–water partition coefficient (Wildman–Crippen LogP) is 3.05. The fourth-order valence-electron chi connectivity index (χ4n) is 4.93. The number of nitrogens with one attached hydrogen (secondary N) is 1. The lowest BCUT2D eigenvalue weighted by Gasteiger charge is -2.59. The Hall–Kier alpha value is -0.110. The van der Waals surface area contributed by atoms with Crippen LogP contribution in [-0.2, 0) is 0 Å². The topological polar surface area (TPSA) is 12.0 Å². The molecule has 0 aliphatic heterocycles. The highest BCUT2D eigenvalue weighted by Crippen LogP contribution is 2.59. The summed E-state index contributed by atoms with van der Waals surface area (Å²) in [7, 11) is 0. The zero-order chi connectivity index (χ0) is 10.7. The van der Waals surface area contributed by atoms with Gasteiger partial charge in [0.2, 0.25) is 0 Å². The molecule has 0 heterocycles. The van der Waals surface area contributed by atoms with Crippen molar-refractivity contribution < 1.29 is 4.39 Å². The van der Waals surface area contributed by atoms with Gasteiger partial charge in [0.1, 0.15) is 5.67 Å². The Bertz CT molecular complexity index is 254. The van der Waals surface area contributed by atoms with Crippen molar-refractivity contribution >= 4 is 0 Å². The molecule has 0 aromatic heterocycles. The molecule has 4 rings (SSSR count). The van der Waals surface area contributed by atoms with Gasteiger partial charge in [0, 0.05) is 11.6 Å². The van der Waals surface area contributed by atoms with Gasteiger partial charge in [-0.2, -0.15) is 0 Å². The van der Waals surface area contributed by atoms with Crippen molar-refractivity contribution in [1.29, 1.82) is 0 Å². The SMILES string of the molecule is CC(C)NC12CC3CC(CC(F)(C3)C1)C2. The van der Waals surface area contributed by atoms with Crippen molar-refractivity contribution in [2.45, 2.75) is 69.6 Å². The van der Waals surface area contributed by atoms with Crippen LogP contribution in [0.4, 0.5) is 4.39 Å². The van der Waals surface area contributed by atoms with E-state index in [1.54, 1.807) is 0 Å². The van der Waals surface area contributed by atoms with Gasteiger partial charge in [-0.3, -0.25) is 0 Å². The van der Waals surface area contributed by atoms with E-state index in [2.05, 4.69) is 19.2 Å². The van der Waals surface area contributed by atoms with Gasteiger partial charge in [0.05, 0.1) is 0 Å². The van der Waals surface area contributed by atoms with Crippen LogP contribution >= 0.6 is 0 Å². The quantitative estimate of drug-likeness (QED) is 0.740. The van der Waals surface area contributed by atoms with Gasteiger partial charge in [-0.1, -0.05) is 13.8 Å². The van der Waals surface area contributed by atoms with Crippen LogP contribution in [-0.4, -0.2) is 17.2 Å². The van der Waals surface area contributed by atoms with Crippen molar-refractivity contribution in [1.82, 2.24) is 5.32 Å². The lowest BCUT2D eigenvalue weighted by atomic mass is 9.51. The first-order valence-corrected chi connectivity index (χ1v) is 6.45. The van der Waals surface area contributed by atoms with E-state index >= 15 is 0 Å². The van der Waals surface area contributed by atoms with Crippen LogP contribution in [0, 0.1) is 11.8 Å². The summed E-state index contributed by atoms with van der Waals surface area (Å²) in [4.78, 5) is 0. The molecular formula is C13H22FN. The average molecular weight is 211 g/mol. The number of halogens is 1. The van der Waals surface area contributed by atoms with Gasteiger partial charge in [-0.15, -0.1) is 0 Å². The van der Waals surface area contributed by atoms with Crippen LogP contribution in [0.2, 0.25) is 0 Å². The van der Waals surface area contributed by atoms with Crippen LogP contribution in [0.1, 0.15) is 52.4 Å². The van der Waals surface area contributed by atoms with Gasteiger partial charge in [0.15, 0.2) is 0 Å². The Morgan fingerprint density at radius 3 is 2.20 bits per heavy atom. The van der Waals surface area contributed by atoms with Crippen molar-refractivity contribution in [3.05, 3.63) is 0 Å². The maximum Gasteiger partial charge on any atom is 0.113 e. The smallest absolute Gasteiger partial charge is 0.113 e. The first kappa shape index (κ1) is 10.1. The fourth-order valence-corrected chi connectivity index (χ4v) is 4.93. The highest BCUT2D eigenvalue weighted by atomic mass is 19.1. The van der Waals surface area contributed by atoms with E-state index < -0.39 is 5.67 Å². The Morgan fingerprint density at radius 2 is 1.73 bits per heavy atom. The lowest BCUT2D eigenvalue weighted by Crippen LogP contribution is -2.64. The van der Waals surface area contributed by atoms with Gasteiger partial charge < -0.3 is 5.32 Å². The van der Waals surface area contributed by atoms with Gasteiger partial charge in [0.25, 0.3) is 0 Å². The molecule has 0 amide bonds. The number of rotatable bonds is 2. The molecule has 1 nitrogen and oxygen atoms in total. The molecular weight excluding hydrogens is 189 g/mol. The first-order chi connectivity index (χ1) is 6.99. The third-order valence-corrected chi connectivity index (χ3v) is 4.58. The maximum atomic E-state index is 14.5. The zero-order valence-corrected chi connectivity index (χ0v) is 9.85. The van der Waals surface area contributed by atoms with E-state index in [0.717, 1.165) is 19.3 Å². The molecule has 86 valence electrons. The van der Waals surface area contributed by atoms with Crippen molar-refractivity contribution in [2.24, 2.45) is 11.8 Å². The molecule has 0 radical (unpaired) electrons. The molecule has 4 fully saturated rings. The molecule has 15 heavy (non-hydrogen) atoms. The summed E-state index contributed by atoms with van der Waals surface area (Å²) in [5.41, 5.74) is -0.654. The van der Waals surface area contributed by atoms with Crippen LogP contribution in [0.5, 0.6) is 0 Å². The van der Waals surface area contributed by atoms with E-state index in [0.29, 0.717) is 17.9 Å². The molecule has 0 saturated heterocycles. The molecule has 4 aliphatic rings. The van der Waals surface area contributed by atoms with E-state index in [1.807, 2.05) is 0 Å². The monoisotopic (exact) mass is 211 g/mol. The van der Waals surface area contributed by atoms with Crippen LogP contribution < -0.4 is 5.32 Å². The molecule has 2 atom stereocenters. The zero-order valence-electron chi connectivity index (χ0n) is 9.85. The van der Waals surface area contributed by atoms with E-state index in [9.17, 15) is 4.39 Å². The average Bonchev–Trinajstić information content (AvgIpc) is 1.94. The molecule has 0 aromatic rings.